The molecule has 0 aliphatic carbocycles. The third kappa shape index (κ3) is 4.22. The van der Waals surface area contributed by atoms with Gasteiger partial charge in [0.25, 0.3) is 5.91 Å². The molecule has 2 rings (SSSR count). The van der Waals surface area contributed by atoms with Gasteiger partial charge in [-0.25, -0.2) is 4.98 Å². The molecule has 1 N–H and O–H groups in total. The van der Waals surface area contributed by atoms with Crippen LogP contribution in [-0.4, -0.2) is 35.3 Å². The fourth-order valence-electron chi connectivity index (χ4n) is 1.99. The molecule has 0 aliphatic heterocycles. The molecule has 23 heavy (non-hydrogen) atoms. The minimum atomic E-state index is -0.380. The van der Waals surface area contributed by atoms with E-state index in [0.717, 1.165) is 5.01 Å². The summed E-state index contributed by atoms with van der Waals surface area (Å²) < 4.78 is 0. The number of amides is 2. The highest BCUT2D eigenvalue weighted by atomic mass is 35.5. The summed E-state index contributed by atoms with van der Waals surface area (Å²) in [5.74, 6) is -0.622. The van der Waals surface area contributed by atoms with E-state index >= 15 is 0 Å². The molecule has 0 aliphatic rings. The second kappa shape index (κ2) is 7.29. The first-order valence-electron chi connectivity index (χ1n) is 6.73. The summed E-state index contributed by atoms with van der Waals surface area (Å²) in [4.78, 5) is 30.6. The normalized spacial score (nSPS) is 10.5. The van der Waals surface area contributed by atoms with Crippen molar-refractivity contribution in [2.24, 2.45) is 0 Å². The molecule has 2 aromatic rings. The van der Waals surface area contributed by atoms with Crippen molar-refractivity contribution in [1.82, 2.24) is 9.88 Å². The smallest absolute Gasteiger partial charge is 0.266 e. The van der Waals surface area contributed by atoms with E-state index in [4.69, 9.17) is 23.2 Å². The number of anilines is 1. The predicted octanol–water partition coefficient (Wildman–Crippen LogP) is 3.78. The number of halogens is 2. The lowest BCUT2D eigenvalue weighted by atomic mass is 10.3. The Kier molecular flexibility index (Phi) is 5.62. The Hall–Kier alpha value is -1.63. The first-order valence-corrected chi connectivity index (χ1v) is 8.30. The van der Waals surface area contributed by atoms with Gasteiger partial charge in [0, 0.05) is 7.05 Å². The van der Waals surface area contributed by atoms with Crippen molar-refractivity contribution >= 4 is 52.0 Å². The highest BCUT2D eigenvalue weighted by Crippen LogP contribution is 2.29. The summed E-state index contributed by atoms with van der Waals surface area (Å²) >= 11 is 13.3. The standard InChI is InChI=1S/C15H15Cl2N3O2S/c1-8-14(23-9(2)18-8)15(22)20(3)7-12(21)19-13-10(16)5-4-6-11(13)17/h4-6H,7H2,1-3H3,(H,19,21). The number of hydrogen-bond acceptors (Lipinski definition) is 4. The summed E-state index contributed by atoms with van der Waals surface area (Å²) in [7, 11) is 1.56. The lowest BCUT2D eigenvalue weighted by molar-refractivity contribution is -0.116. The molecule has 1 aromatic heterocycles. The van der Waals surface area contributed by atoms with E-state index in [1.807, 2.05) is 6.92 Å². The van der Waals surface area contributed by atoms with Gasteiger partial charge in [-0.3, -0.25) is 9.59 Å². The van der Waals surface area contributed by atoms with Crippen LogP contribution in [0.2, 0.25) is 10.0 Å². The summed E-state index contributed by atoms with van der Waals surface area (Å²) in [6, 6.07) is 4.94. The third-order valence-corrected chi connectivity index (χ3v) is 4.74. The van der Waals surface area contributed by atoms with Crippen molar-refractivity contribution in [2.45, 2.75) is 13.8 Å². The summed E-state index contributed by atoms with van der Waals surface area (Å²) in [6.07, 6.45) is 0. The van der Waals surface area contributed by atoms with Crippen molar-refractivity contribution < 1.29 is 9.59 Å². The Bertz CT molecular complexity index is 741. The summed E-state index contributed by atoms with van der Waals surface area (Å²) in [5, 5.41) is 4.12. The quantitative estimate of drug-likeness (QED) is 0.889. The number of aryl methyl sites for hydroxylation is 2. The van der Waals surface area contributed by atoms with Gasteiger partial charge in [-0.2, -0.15) is 0 Å². The van der Waals surface area contributed by atoms with Crippen LogP contribution in [0.1, 0.15) is 20.4 Å². The molecule has 122 valence electrons. The number of likely N-dealkylation sites (N-methyl/N-ethyl adjacent to an activating group) is 1. The molecule has 8 heteroatoms. The van der Waals surface area contributed by atoms with Gasteiger partial charge in [-0.1, -0.05) is 29.3 Å². The van der Waals surface area contributed by atoms with Gasteiger partial charge in [0.2, 0.25) is 5.91 Å². The molecular weight excluding hydrogens is 357 g/mol. The van der Waals surface area contributed by atoms with Crippen LogP contribution < -0.4 is 5.32 Å². The molecule has 0 spiro atoms. The van der Waals surface area contributed by atoms with Gasteiger partial charge < -0.3 is 10.2 Å². The maximum atomic E-state index is 12.4. The van der Waals surface area contributed by atoms with Crippen LogP contribution in [0, 0.1) is 13.8 Å². The molecule has 0 fully saturated rings. The average Bonchev–Trinajstić information content (AvgIpc) is 2.81. The van der Waals surface area contributed by atoms with Gasteiger partial charge >= 0.3 is 0 Å². The van der Waals surface area contributed by atoms with Gasteiger partial charge in [0.15, 0.2) is 0 Å². The molecule has 1 heterocycles. The van der Waals surface area contributed by atoms with E-state index in [1.54, 1.807) is 32.2 Å². The maximum Gasteiger partial charge on any atom is 0.266 e. The second-order valence-corrected chi connectivity index (χ2v) is 6.97. The van der Waals surface area contributed by atoms with Crippen molar-refractivity contribution in [3.8, 4) is 0 Å². The molecule has 1 aromatic carbocycles. The number of benzene rings is 1. The fourth-order valence-corrected chi connectivity index (χ4v) is 3.39. The van der Waals surface area contributed by atoms with Gasteiger partial charge in [0.1, 0.15) is 4.88 Å². The Morgan fingerprint density at radius 2 is 1.87 bits per heavy atom. The number of rotatable bonds is 4. The number of carbonyl (C=O) groups is 2. The number of thiazole rings is 1. The fraction of sp³-hybridized carbons (Fsp3) is 0.267. The Morgan fingerprint density at radius 1 is 1.26 bits per heavy atom. The molecule has 0 unspecified atom stereocenters. The van der Waals surface area contributed by atoms with Crippen LogP contribution in [0.25, 0.3) is 0 Å². The van der Waals surface area contributed by atoms with Crippen LogP contribution >= 0.6 is 34.5 Å². The molecule has 0 bridgehead atoms. The molecule has 0 saturated carbocycles. The van der Waals surface area contributed by atoms with Crippen molar-refractivity contribution in [2.75, 3.05) is 18.9 Å². The predicted molar refractivity (Wildman–Crippen MR) is 93.6 cm³/mol. The van der Waals surface area contributed by atoms with Crippen LogP contribution in [-0.2, 0) is 4.79 Å². The highest BCUT2D eigenvalue weighted by Gasteiger charge is 2.20. The minimum Gasteiger partial charge on any atom is -0.332 e. The van der Waals surface area contributed by atoms with Crippen LogP contribution in [0.15, 0.2) is 18.2 Å². The second-order valence-electron chi connectivity index (χ2n) is 4.95. The number of hydrogen-bond donors (Lipinski definition) is 1. The van der Waals surface area contributed by atoms with Gasteiger partial charge in [-0.15, -0.1) is 11.3 Å². The van der Waals surface area contributed by atoms with Gasteiger partial charge in [-0.05, 0) is 26.0 Å². The molecule has 2 amide bonds. The van der Waals surface area contributed by atoms with E-state index in [9.17, 15) is 9.59 Å². The van der Waals surface area contributed by atoms with E-state index in [2.05, 4.69) is 10.3 Å². The van der Waals surface area contributed by atoms with Crippen molar-refractivity contribution in [1.29, 1.82) is 0 Å². The molecule has 0 radical (unpaired) electrons. The van der Waals surface area contributed by atoms with Crippen LogP contribution in [0.5, 0.6) is 0 Å². The number of aromatic nitrogens is 1. The van der Waals surface area contributed by atoms with E-state index in [1.165, 1.54) is 16.2 Å². The minimum absolute atomic E-state index is 0.114. The average molecular weight is 372 g/mol. The third-order valence-electron chi connectivity index (χ3n) is 3.05. The zero-order chi connectivity index (χ0) is 17.1. The Balaban J connectivity index is 2.05. The lowest BCUT2D eigenvalue weighted by Crippen LogP contribution is -2.35. The van der Waals surface area contributed by atoms with Crippen LogP contribution in [0.4, 0.5) is 5.69 Å². The number of nitrogens with one attached hydrogen (secondary N) is 1. The molecule has 0 saturated heterocycles. The highest BCUT2D eigenvalue weighted by molar-refractivity contribution is 7.13. The Labute approximate surface area is 148 Å². The van der Waals surface area contributed by atoms with Crippen molar-refractivity contribution in [3.63, 3.8) is 0 Å². The zero-order valence-electron chi connectivity index (χ0n) is 12.8. The number of para-hydroxylation sites is 1. The largest absolute Gasteiger partial charge is 0.332 e. The number of nitrogens with zero attached hydrogens (tertiary/aromatic N) is 2. The number of carbonyl (C=O) groups excluding carboxylic acids is 2. The maximum absolute atomic E-state index is 12.4. The monoisotopic (exact) mass is 371 g/mol. The zero-order valence-corrected chi connectivity index (χ0v) is 15.1. The SMILES string of the molecule is Cc1nc(C)c(C(=O)N(C)CC(=O)Nc2c(Cl)cccc2Cl)s1. The first kappa shape index (κ1) is 17.7. The molecule has 5 nitrogen and oxygen atoms in total. The van der Waals surface area contributed by atoms with Crippen LogP contribution in [0.3, 0.4) is 0 Å². The topological polar surface area (TPSA) is 62.3 Å². The molecular formula is C15H15Cl2N3O2S. The van der Waals surface area contributed by atoms with E-state index < -0.39 is 0 Å². The summed E-state index contributed by atoms with van der Waals surface area (Å²) in [5.41, 5.74) is 1.01. The van der Waals surface area contributed by atoms with E-state index in [0.29, 0.717) is 26.3 Å². The lowest BCUT2D eigenvalue weighted by Gasteiger charge is -2.17. The first-order chi connectivity index (χ1) is 10.8. The van der Waals surface area contributed by atoms with Gasteiger partial charge in [0.05, 0.1) is 33.0 Å². The molecule has 0 atom stereocenters. The van der Waals surface area contributed by atoms with E-state index in [-0.39, 0.29) is 18.4 Å². The summed E-state index contributed by atoms with van der Waals surface area (Å²) in [6.45, 7) is 3.49. The van der Waals surface area contributed by atoms with Crippen molar-refractivity contribution in [3.05, 3.63) is 43.8 Å². The Morgan fingerprint density at radius 3 is 2.39 bits per heavy atom.